The zero-order valence-electron chi connectivity index (χ0n) is 10.2. The average molecular weight is 231 g/mol. The van der Waals surface area contributed by atoms with E-state index in [1.165, 1.54) is 0 Å². The molecule has 0 unspecified atom stereocenters. The van der Waals surface area contributed by atoms with Gasteiger partial charge in [0.2, 0.25) is 0 Å². The van der Waals surface area contributed by atoms with Gasteiger partial charge in [-0.3, -0.25) is 10.2 Å². The highest BCUT2D eigenvalue weighted by Crippen LogP contribution is 2.37. The first kappa shape index (κ1) is 11.9. The van der Waals surface area contributed by atoms with Crippen molar-refractivity contribution in [3.8, 4) is 0 Å². The first-order chi connectivity index (χ1) is 8.33. The fraction of sp³-hybridized carbons (Fsp3) is 0.462. The molecular weight excluding hydrogens is 212 g/mol. The number of unbranched alkanes of at least 4 members (excludes halogenated alkanes) is 1. The lowest BCUT2D eigenvalue weighted by molar-refractivity contribution is 0.430. The standard InChI is InChI=1S/C13H19N4/c1-3-5-8-13(4-2,11-6-9-14-16-11)12-7-10-15-17-12/h6-7,9-10H,2-5,8H2,1H3,(H,14,16)(H,15,17). The molecule has 0 saturated heterocycles. The molecule has 91 valence electrons. The molecule has 4 nitrogen and oxygen atoms in total. The van der Waals surface area contributed by atoms with Crippen molar-refractivity contribution in [2.24, 2.45) is 0 Å². The highest BCUT2D eigenvalue weighted by atomic mass is 15.1. The van der Waals surface area contributed by atoms with Gasteiger partial charge in [0.25, 0.3) is 0 Å². The molecule has 0 aliphatic carbocycles. The van der Waals surface area contributed by atoms with Crippen LogP contribution in [0.2, 0.25) is 0 Å². The van der Waals surface area contributed by atoms with Crippen LogP contribution in [0.3, 0.4) is 0 Å². The lowest BCUT2D eigenvalue weighted by Gasteiger charge is -2.29. The fourth-order valence-electron chi connectivity index (χ4n) is 2.30. The lowest BCUT2D eigenvalue weighted by Crippen LogP contribution is -2.28. The highest BCUT2D eigenvalue weighted by Gasteiger charge is 2.35. The molecule has 0 aliphatic heterocycles. The molecule has 0 amide bonds. The van der Waals surface area contributed by atoms with Crippen LogP contribution >= 0.6 is 0 Å². The van der Waals surface area contributed by atoms with E-state index >= 15 is 0 Å². The second-order valence-electron chi connectivity index (χ2n) is 4.35. The molecule has 0 aliphatic rings. The minimum atomic E-state index is -0.157. The number of hydrogen-bond acceptors (Lipinski definition) is 2. The molecule has 0 fully saturated rings. The Bertz CT molecular complexity index is 382. The number of nitrogens with one attached hydrogen (secondary N) is 2. The molecule has 2 heterocycles. The van der Waals surface area contributed by atoms with Crippen LogP contribution in [-0.2, 0) is 5.41 Å². The van der Waals surface area contributed by atoms with E-state index in [2.05, 4.69) is 34.2 Å². The molecule has 1 radical (unpaired) electrons. The van der Waals surface area contributed by atoms with Crippen molar-refractivity contribution in [3.05, 3.63) is 42.8 Å². The predicted octanol–water partition coefficient (Wildman–Crippen LogP) is 2.83. The zero-order chi connectivity index (χ0) is 12.1. The Kier molecular flexibility index (Phi) is 3.61. The Morgan fingerprint density at radius 1 is 1.18 bits per heavy atom. The van der Waals surface area contributed by atoms with Crippen LogP contribution in [0.15, 0.2) is 24.5 Å². The first-order valence-electron chi connectivity index (χ1n) is 6.13. The van der Waals surface area contributed by atoms with E-state index in [9.17, 15) is 0 Å². The summed E-state index contributed by atoms with van der Waals surface area (Å²) >= 11 is 0. The molecule has 0 spiro atoms. The van der Waals surface area contributed by atoms with Gasteiger partial charge in [-0.15, -0.1) is 0 Å². The van der Waals surface area contributed by atoms with E-state index in [1.54, 1.807) is 0 Å². The predicted molar refractivity (Wildman–Crippen MR) is 67.5 cm³/mol. The number of hydrogen-bond donors (Lipinski definition) is 2. The maximum Gasteiger partial charge on any atom is 0.0744 e. The number of rotatable bonds is 6. The monoisotopic (exact) mass is 231 g/mol. The summed E-state index contributed by atoms with van der Waals surface area (Å²) in [5.41, 5.74) is 1.91. The molecular formula is C13H19N4. The van der Waals surface area contributed by atoms with E-state index in [4.69, 9.17) is 0 Å². The van der Waals surface area contributed by atoms with E-state index in [1.807, 2.05) is 24.5 Å². The summed E-state index contributed by atoms with van der Waals surface area (Å²) in [7, 11) is 0. The van der Waals surface area contributed by atoms with Crippen LogP contribution in [0.25, 0.3) is 0 Å². The second kappa shape index (κ2) is 5.17. The Morgan fingerprint density at radius 2 is 1.76 bits per heavy atom. The van der Waals surface area contributed by atoms with Crippen LogP contribution in [-0.4, -0.2) is 20.4 Å². The van der Waals surface area contributed by atoms with Gasteiger partial charge >= 0.3 is 0 Å². The number of aromatic amines is 2. The molecule has 2 aromatic heterocycles. The van der Waals surface area contributed by atoms with Gasteiger partial charge in [-0.05, 0) is 25.0 Å². The van der Waals surface area contributed by atoms with Crippen LogP contribution in [0.5, 0.6) is 0 Å². The van der Waals surface area contributed by atoms with E-state index in [0.717, 1.165) is 37.1 Å². The highest BCUT2D eigenvalue weighted by molar-refractivity contribution is 5.29. The Hall–Kier alpha value is -1.58. The van der Waals surface area contributed by atoms with Crippen molar-refractivity contribution < 1.29 is 0 Å². The summed E-state index contributed by atoms with van der Waals surface area (Å²) in [6.45, 7) is 6.31. The summed E-state index contributed by atoms with van der Waals surface area (Å²) in [5, 5.41) is 14.5. The SMILES string of the molecule is [CH2]CC(CCCC)(c1cc[nH]n1)c1cc[nH]n1. The molecule has 17 heavy (non-hydrogen) atoms. The van der Waals surface area contributed by atoms with Crippen molar-refractivity contribution in [2.45, 2.75) is 38.0 Å². The third-order valence-corrected chi connectivity index (χ3v) is 3.37. The van der Waals surface area contributed by atoms with Gasteiger partial charge < -0.3 is 0 Å². The molecule has 2 N–H and O–H groups in total. The smallest absolute Gasteiger partial charge is 0.0744 e. The maximum atomic E-state index is 4.35. The number of nitrogens with zero attached hydrogens (tertiary/aromatic N) is 2. The van der Waals surface area contributed by atoms with Crippen molar-refractivity contribution in [3.63, 3.8) is 0 Å². The lowest BCUT2D eigenvalue weighted by atomic mass is 9.74. The topological polar surface area (TPSA) is 57.4 Å². The zero-order valence-corrected chi connectivity index (χ0v) is 10.2. The molecule has 0 bridgehead atoms. The third-order valence-electron chi connectivity index (χ3n) is 3.37. The summed E-state index contributed by atoms with van der Waals surface area (Å²) < 4.78 is 0. The summed E-state index contributed by atoms with van der Waals surface area (Å²) in [4.78, 5) is 0. The van der Waals surface area contributed by atoms with Crippen molar-refractivity contribution in [1.29, 1.82) is 0 Å². The quantitative estimate of drug-likeness (QED) is 0.803. The minimum Gasteiger partial charge on any atom is -0.285 e. The van der Waals surface area contributed by atoms with Gasteiger partial charge in [0.05, 0.1) is 16.8 Å². The van der Waals surface area contributed by atoms with Crippen molar-refractivity contribution in [1.82, 2.24) is 20.4 Å². The number of H-pyrrole nitrogens is 2. The van der Waals surface area contributed by atoms with Gasteiger partial charge in [0.15, 0.2) is 0 Å². The van der Waals surface area contributed by atoms with Gasteiger partial charge in [-0.2, -0.15) is 10.2 Å². The normalized spacial score (nSPS) is 11.9. The molecule has 2 aromatic rings. The summed E-state index contributed by atoms with van der Waals surface area (Å²) in [6, 6.07) is 4.05. The molecule has 4 heteroatoms. The Morgan fingerprint density at radius 3 is 2.12 bits per heavy atom. The number of aromatic nitrogens is 4. The van der Waals surface area contributed by atoms with Gasteiger partial charge in [0.1, 0.15) is 0 Å². The molecule has 0 atom stereocenters. The fourth-order valence-corrected chi connectivity index (χ4v) is 2.30. The summed E-state index contributed by atoms with van der Waals surface area (Å²) in [6.07, 6.45) is 7.83. The van der Waals surface area contributed by atoms with Crippen molar-refractivity contribution >= 4 is 0 Å². The first-order valence-corrected chi connectivity index (χ1v) is 6.13. The average Bonchev–Trinajstić information content (AvgIpc) is 3.04. The molecule has 0 aromatic carbocycles. The van der Waals surface area contributed by atoms with E-state index in [0.29, 0.717) is 0 Å². The van der Waals surface area contributed by atoms with Gasteiger partial charge in [0, 0.05) is 12.4 Å². The second-order valence-corrected chi connectivity index (χ2v) is 4.35. The van der Waals surface area contributed by atoms with Crippen LogP contribution < -0.4 is 0 Å². The minimum absolute atomic E-state index is 0.157. The van der Waals surface area contributed by atoms with Crippen LogP contribution in [0.4, 0.5) is 0 Å². The third kappa shape index (κ3) is 2.12. The van der Waals surface area contributed by atoms with E-state index < -0.39 is 0 Å². The largest absolute Gasteiger partial charge is 0.285 e. The van der Waals surface area contributed by atoms with Crippen molar-refractivity contribution in [2.75, 3.05) is 0 Å². The van der Waals surface area contributed by atoms with Gasteiger partial charge in [-0.25, -0.2) is 0 Å². The van der Waals surface area contributed by atoms with Crippen LogP contribution in [0, 0.1) is 6.92 Å². The van der Waals surface area contributed by atoms with Crippen LogP contribution in [0.1, 0.15) is 44.0 Å². The maximum absolute atomic E-state index is 4.35. The Balaban J connectivity index is 2.40. The van der Waals surface area contributed by atoms with E-state index in [-0.39, 0.29) is 5.41 Å². The molecule has 0 saturated carbocycles. The summed E-state index contributed by atoms with van der Waals surface area (Å²) in [5.74, 6) is 0. The van der Waals surface area contributed by atoms with Gasteiger partial charge in [-0.1, -0.05) is 26.7 Å². The molecule has 2 rings (SSSR count). The Labute approximate surface area is 102 Å².